The Morgan fingerprint density at radius 1 is 1.10 bits per heavy atom. The molecule has 0 radical (unpaired) electrons. The number of aryl methyl sites for hydroxylation is 1. The molecule has 1 aliphatic rings. The molecule has 1 atom stereocenters. The fourth-order valence-corrected chi connectivity index (χ4v) is 4.88. The molecule has 0 saturated heterocycles. The van der Waals surface area contributed by atoms with Crippen molar-refractivity contribution in [2.75, 3.05) is 25.1 Å². The number of carbonyl (C=O) groups is 2. The number of nitrogens with one attached hydrogen (secondary N) is 1. The second-order valence-corrected chi connectivity index (χ2v) is 8.00. The number of carbonyl (C=O) groups excluding carboxylic acids is 2. The third kappa shape index (κ3) is 5.09. The molecule has 156 valence electrons. The van der Waals surface area contributed by atoms with Gasteiger partial charge in [-0.3, -0.25) is 4.79 Å². The number of rotatable bonds is 8. The Bertz CT molecular complexity index is 859. The Kier molecular flexibility index (Phi) is 7.14. The first-order valence-electron chi connectivity index (χ1n) is 10.0. The van der Waals surface area contributed by atoms with E-state index < -0.39 is 0 Å². The van der Waals surface area contributed by atoms with Crippen molar-refractivity contribution in [3.63, 3.8) is 0 Å². The van der Waals surface area contributed by atoms with Crippen LogP contribution in [-0.2, 0) is 16.0 Å². The van der Waals surface area contributed by atoms with Crippen molar-refractivity contribution < 1.29 is 23.8 Å². The van der Waals surface area contributed by atoms with Gasteiger partial charge in [0.15, 0.2) is 6.61 Å². The highest BCUT2D eigenvalue weighted by Crippen LogP contribution is 2.43. The SMILES string of the molecule is CCOC(=O)c1c(NC(=O)COc2ccc(OCC)cc2)sc2c1C(C)CCC2. The van der Waals surface area contributed by atoms with Gasteiger partial charge in [0.2, 0.25) is 0 Å². The molecule has 1 amide bonds. The molecular formula is C22H27NO5S. The third-order valence-electron chi connectivity index (χ3n) is 4.79. The van der Waals surface area contributed by atoms with E-state index in [2.05, 4.69) is 12.2 Å². The number of hydrogen-bond acceptors (Lipinski definition) is 6. The smallest absolute Gasteiger partial charge is 0.341 e. The van der Waals surface area contributed by atoms with Crippen molar-refractivity contribution in [1.29, 1.82) is 0 Å². The molecule has 0 aliphatic heterocycles. The number of esters is 1. The summed E-state index contributed by atoms with van der Waals surface area (Å²) in [5.41, 5.74) is 1.54. The van der Waals surface area contributed by atoms with Gasteiger partial charge < -0.3 is 19.5 Å². The maximum absolute atomic E-state index is 12.6. The normalized spacial score (nSPS) is 15.3. The molecule has 6 nitrogen and oxygen atoms in total. The first kappa shape index (κ1) is 21.2. The fraction of sp³-hybridized carbons (Fsp3) is 0.455. The van der Waals surface area contributed by atoms with E-state index in [-0.39, 0.29) is 24.4 Å². The van der Waals surface area contributed by atoms with Crippen LogP contribution in [-0.4, -0.2) is 31.7 Å². The highest BCUT2D eigenvalue weighted by atomic mass is 32.1. The van der Waals surface area contributed by atoms with Gasteiger partial charge in [-0.15, -0.1) is 11.3 Å². The molecule has 29 heavy (non-hydrogen) atoms. The van der Waals surface area contributed by atoms with Crippen molar-refractivity contribution in [3.05, 3.63) is 40.3 Å². The maximum Gasteiger partial charge on any atom is 0.341 e. The molecule has 0 fully saturated rings. The molecule has 7 heteroatoms. The predicted molar refractivity (Wildman–Crippen MR) is 113 cm³/mol. The van der Waals surface area contributed by atoms with Crippen LogP contribution in [0.15, 0.2) is 24.3 Å². The summed E-state index contributed by atoms with van der Waals surface area (Å²) >= 11 is 1.47. The largest absolute Gasteiger partial charge is 0.494 e. The Morgan fingerprint density at radius 3 is 2.45 bits per heavy atom. The number of fused-ring (bicyclic) bond motifs is 1. The fourth-order valence-electron chi connectivity index (χ4n) is 3.52. The van der Waals surface area contributed by atoms with Gasteiger partial charge in [-0.1, -0.05) is 6.92 Å². The first-order valence-corrected chi connectivity index (χ1v) is 10.8. The van der Waals surface area contributed by atoms with Gasteiger partial charge in [-0.2, -0.15) is 0 Å². The van der Waals surface area contributed by atoms with Crippen molar-refractivity contribution in [2.24, 2.45) is 0 Å². The van der Waals surface area contributed by atoms with Crippen LogP contribution in [0, 0.1) is 0 Å². The molecule has 0 spiro atoms. The molecule has 1 heterocycles. The monoisotopic (exact) mass is 417 g/mol. The molecule has 1 aliphatic carbocycles. The lowest BCUT2D eigenvalue weighted by Gasteiger charge is -2.19. The van der Waals surface area contributed by atoms with Crippen LogP contribution in [0.5, 0.6) is 11.5 Å². The molecule has 0 bridgehead atoms. The summed E-state index contributed by atoms with van der Waals surface area (Å²) in [5.74, 6) is 0.923. The minimum absolute atomic E-state index is 0.144. The van der Waals surface area contributed by atoms with Crippen molar-refractivity contribution in [2.45, 2.75) is 46.0 Å². The Hall–Kier alpha value is -2.54. The van der Waals surface area contributed by atoms with Crippen LogP contribution in [0.1, 0.15) is 60.3 Å². The average molecular weight is 418 g/mol. The zero-order valence-corrected chi connectivity index (χ0v) is 17.9. The Morgan fingerprint density at radius 2 is 1.79 bits per heavy atom. The zero-order valence-electron chi connectivity index (χ0n) is 17.1. The highest BCUT2D eigenvalue weighted by Gasteiger charge is 2.30. The second-order valence-electron chi connectivity index (χ2n) is 6.90. The van der Waals surface area contributed by atoms with Gasteiger partial charge in [0.25, 0.3) is 5.91 Å². The van der Waals surface area contributed by atoms with Crippen LogP contribution in [0.3, 0.4) is 0 Å². The van der Waals surface area contributed by atoms with Crippen LogP contribution in [0.2, 0.25) is 0 Å². The molecule has 1 N–H and O–H groups in total. The molecule has 1 aromatic carbocycles. The Balaban J connectivity index is 1.70. The Labute approximate surface area is 175 Å². The second kappa shape index (κ2) is 9.78. The van der Waals surface area contributed by atoms with Crippen LogP contribution < -0.4 is 14.8 Å². The lowest BCUT2D eigenvalue weighted by atomic mass is 9.86. The summed E-state index contributed by atoms with van der Waals surface area (Å²) in [7, 11) is 0. The minimum Gasteiger partial charge on any atom is -0.494 e. The minimum atomic E-state index is -0.374. The maximum atomic E-state index is 12.6. The number of ether oxygens (including phenoxy) is 3. The first-order chi connectivity index (χ1) is 14.0. The quantitative estimate of drug-likeness (QED) is 0.626. The lowest BCUT2D eigenvalue weighted by Crippen LogP contribution is -2.21. The van der Waals surface area contributed by atoms with Gasteiger partial charge in [0.1, 0.15) is 16.5 Å². The van der Waals surface area contributed by atoms with Gasteiger partial charge in [0.05, 0.1) is 18.8 Å². The molecule has 3 rings (SSSR count). The van der Waals surface area contributed by atoms with E-state index in [4.69, 9.17) is 14.2 Å². The summed E-state index contributed by atoms with van der Waals surface area (Å²) < 4.78 is 16.2. The number of benzene rings is 1. The van der Waals surface area contributed by atoms with Crippen LogP contribution >= 0.6 is 11.3 Å². The summed E-state index contributed by atoms with van der Waals surface area (Å²) in [5, 5.41) is 3.42. The highest BCUT2D eigenvalue weighted by molar-refractivity contribution is 7.17. The molecular weight excluding hydrogens is 390 g/mol. The van der Waals surface area contributed by atoms with E-state index in [1.807, 2.05) is 6.92 Å². The van der Waals surface area contributed by atoms with Crippen molar-refractivity contribution >= 4 is 28.2 Å². The van der Waals surface area contributed by atoms with E-state index in [1.54, 1.807) is 31.2 Å². The van der Waals surface area contributed by atoms with E-state index in [1.165, 1.54) is 11.3 Å². The summed E-state index contributed by atoms with van der Waals surface area (Å²) in [6.07, 6.45) is 3.05. The van der Waals surface area contributed by atoms with E-state index in [9.17, 15) is 9.59 Å². The van der Waals surface area contributed by atoms with Gasteiger partial charge >= 0.3 is 5.97 Å². The number of amides is 1. The molecule has 0 saturated carbocycles. The van der Waals surface area contributed by atoms with E-state index in [0.717, 1.165) is 35.5 Å². The van der Waals surface area contributed by atoms with E-state index in [0.29, 0.717) is 29.5 Å². The zero-order chi connectivity index (χ0) is 20.8. The number of anilines is 1. The molecule has 1 aromatic heterocycles. The van der Waals surface area contributed by atoms with Crippen LogP contribution in [0.4, 0.5) is 5.00 Å². The average Bonchev–Trinajstić information content (AvgIpc) is 3.07. The molecule has 1 unspecified atom stereocenters. The lowest BCUT2D eigenvalue weighted by molar-refractivity contribution is -0.118. The van der Waals surface area contributed by atoms with Crippen LogP contribution in [0.25, 0.3) is 0 Å². The van der Waals surface area contributed by atoms with Crippen molar-refractivity contribution in [3.8, 4) is 11.5 Å². The predicted octanol–water partition coefficient (Wildman–Crippen LogP) is 4.78. The standard InChI is InChI=1S/C22H27NO5S/c1-4-26-15-9-11-16(12-10-15)28-13-18(24)23-21-20(22(25)27-5-2)19-14(3)7-6-8-17(19)29-21/h9-12,14H,4-8,13H2,1-3H3,(H,23,24). The topological polar surface area (TPSA) is 73.9 Å². The van der Waals surface area contributed by atoms with E-state index >= 15 is 0 Å². The van der Waals surface area contributed by atoms with Gasteiger partial charge in [-0.25, -0.2) is 4.79 Å². The summed E-state index contributed by atoms with van der Waals surface area (Å²) in [6.45, 7) is 6.56. The summed E-state index contributed by atoms with van der Waals surface area (Å²) in [4.78, 5) is 26.2. The number of hydrogen-bond donors (Lipinski definition) is 1. The third-order valence-corrected chi connectivity index (χ3v) is 5.97. The van der Waals surface area contributed by atoms with Crippen molar-refractivity contribution in [1.82, 2.24) is 0 Å². The summed E-state index contributed by atoms with van der Waals surface area (Å²) in [6, 6.07) is 7.11. The van der Waals surface area contributed by atoms with Gasteiger partial charge in [0, 0.05) is 4.88 Å². The molecule has 2 aromatic rings. The van der Waals surface area contributed by atoms with Gasteiger partial charge in [-0.05, 0) is 68.9 Å². The number of thiophene rings is 1.